The minimum Gasteiger partial charge on any atom is -0.454 e. The summed E-state index contributed by atoms with van der Waals surface area (Å²) in [7, 11) is 0. The van der Waals surface area contributed by atoms with E-state index in [9.17, 15) is 10.1 Å². The molecule has 1 fully saturated rings. The van der Waals surface area contributed by atoms with E-state index in [1.165, 1.54) is 24.6 Å². The third-order valence-electron chi connectivity index (χ3n) is 4.45. The Balaban J connectivity index is 1.53. The van der Waals surface area contributed by atoms with E-state index >= 15 is 0 Å². The molecule has 0 bridgehead atoms. The SMILES string of the molecule is N#Cc1cc2cc3c(cc2nc1SCC(=O)NC1CCCC1)OCO3. The summed E-state index contributed by atoms with van der Waals surface area (Å²) >= 11 is 1.29. The van der Waals surface area contributed by atoms with Gasteiger partial charge in [0.2, 0.25) is 12.7 Å². The molecule has 1 aromatic carbocycles. The van der Waals surface area contributed by atoms with E-state index in [0.717, 1.165) is 23.7 Å². The van der Waals surface area contributed by atoms with Gasteiger partial charge in [-0.2, -0.15) is 5.26 Å². The summed E-state index contributed by atoms with van der Waals surface area (Å²) < 4.78 is 10.7. The normalized spacial score (nSPS) is 16.1. The smallest absolute Gasteiger partial charge is 0.231 e. The zero-order chi connectivity index (χ0) is 17.2. The molecule has 2 heterocycles. The second kappa shape index (κ2) is 6.81. The van der Waals surface area contributed by atoms with E-state index in [1.807, 2.05) is 12.1 Å². The highest BCUT2D eigenvalue weighted by Gasteiger charge is 2.19. The van der Waals surface area contributed by atoms with Gasteiger partial charge in [-0.05, 0) is 25.0 Å². The number of aromatic nitrogens is 1. The molecule has 1 aliphatic heterocycles. The number of hydrogen-bond donors (Lipinski definition) is 1. The highest BCUT2D eigenvalue weighted by Crippen LogP contribution is 2.36. The summed E-state index contributed by atoms with van der Waals surface area (Å²) in [6, 6.07) is 7.88. The molecule has 0 spiro atoms. The van der Waals surface area contributed by atoms with Crippen molar-refractivity contribution in [1.82, 2.24) is 10.3 Å². The lowest BCUT2D eigenvalue weighted by atomic mass is 10.1. The number of thioether (sulfide) groups is 1. The number of benzene rings is 1. The standard InChI is InChI=1S/C18H17N3O3S/c19-8-12-5-11-6-15-16(24-10-23-15)7-14(11)21-18(12)25-9-17(22)20-13-3-1-2-4-13/h5-7,13H,1-4,9-10H2,(H,20,22). The molecule has 25 heavy (non-hydrogen) atoms. The lowest BCUT2D eigenvalue weighted by Crippen LogP contribution is -2.33. The second-order valence-corrected chi connectivity index (χ2v) is 7.15. The van der Waals surface area contributed by atoms with Crippen LogP contribution in [0.5, 0.6) is 11.5 Å². The number of ether oxygens (including phenoxy) is 2. The first-order chi connectivity index (χ1) is 12.2. The summed E-state index contributed by atoms with van der Waals surface area (Å²) in [4.78, 5) is 16.7. The average Bonchev–Trinajstić information content (AvgIpc) is 3.28. The number of carbonyl (C=O) groups excluding carboxylic acids is 1. The van der Waals surface area contributed by atoms with Gasteiger partial charge in [0.1, 0.15) is 11.1 Å². The van der Waals surface area contributed by atoms with Crippen molar-refractivity contribution in [2.24, 2.45) is 0 Å². The number of nitrogens with zero attached hydrogens (tertiary/aromatic N) is 2. The molecule has 2 aromatic rings. The third-order valence-corrected chi connectivity index (χ3v) is 5.45. The van der Waals surface area contributed by atoms with Crippen molar-refractivity contribution >= 4 is 28.6 Å². The van der Waals surface area contributed by atoms with Gasteiger partial charge in [0.05, 0.1) is 16.8 Å². The van der Waals surface area contributed by atoms with Crippen LogP contribution < -0.4 is 14.8 Å². The Labute approximate surface area is 149 Å². The molecular weight excluding hydrogens is 338 g/mol. The maximum atomic E-state index is 12.1. The van der Waals surface area contributed by atoms with Crippen molar-refractivity contribution in [1.29, 1.82) is 5.26 Å². The number of nitrogens with one attached hydrogen (secondary N) is 1. The minimum absolute atomic E-state index is 0.00614. The van der Waals surface area contributed by atoms with Crippen molar-refractivity contribution in [3.05, 3.63) is 23.8 Å². The van der Waals surface area contributed by atoms with Crippen molar-refractivity contribution in [3.8, 4) is 17.6 Å². The zero-order valence-corrected chi connectivity index (χ0v) is 14.4. The van der Waals surface area contributed by atoms with Gasteiger partial charge in [0.25, 0.3) is 0 Å². The summed E-state index contributed by atoms with van der Waals surface area (Å²) in [5.41, 5.74) is 1.19. The minimum atomic E-state index is -0.00614. The second-order valence-electron chi connectivity index (χ2n) is 6.19. The Morgan fingerprint density at radius 2 is 2.04 bits per heavy atom. The number of hydrogen-bond acceptors (Lipinski definition) is 6. The summed E-state index contributed by atoms with van der Waals surface area (Å²) in [5.74, 6) is 1.57. The zero-order valence-electron chi connectivity index (χ0n) is 13.6. The predicted molar refractivity (Wildman–Crippen MR) is 93.7 cm³/mol. The molecule has 1 amide bonds. The monoisotopic (exact) mass is 355 g/mol. The summed E-state index contributed by atoms with van der Waals surface area (Å²) in [5, 5.41) is 13.8. The molecule has 1 aromatic heterocycles. The van der Waals surface area contributed by atoms with Crippen LogP contribution >= 0.6 is 11.8 Å². The molecule has 6 nitrogen and oxygen atoms in total. The van der Waals surface area contributed by atoms with E-state index in [-0.39, 0.29) is 18.5 Å². The maximum absolute atomic E-state index is 12.1. The fourth-order valence-corrected chi connectivity index (χ4v) is 3.98. The molecule has 0 saturated heterocycles. The van der Waals surface area contributed by atoms with E-state index in [1.54, 1.807) is 6.07 Å². The number of nitriles is 1. The van der Waals surface area contributed by atoms with Crippen LogP contribution in [0.15, 0.2) is 23.2 Å². The Kier molecular flexibility index (Phi) is 4.36. The highest BCUT2D eigenvalue weighted by atomic mass is 32.2. The lowest BCUT2D eigenvalue weighted by Gasteiger charge is -2.12. The maximum Gasteiger partial charge on any atom is 0.231 e. The van der Waals surface area contributed by atoms with Crippen molar-refractivity contribution < 1.29 is 14.3 Å². The van der Waals surface area contributed by atoms with E-state index in [0.29, 0.717) is 28.1 Å². The molecule has 2 aliphatic rings. The van der Waals surface area contributed by atoms with Crippen LogP contribution in [0.25, 0.3) is 10.9 Å². The van der Waals surface area contributed by atoms with Crippen LogP contribution in [0.2, 0.25) is 0 Å². The molecule has 128 valence electrons. The lowest BCUT2D eigenvalue weighted by molar-refractivity contribution is -0.119. The van der Waals surface area contributed by atoms with Gasteiger partial charge in [-0.15, -0.1) is 0 Å². The first kappa shape index (κ1) is 16.0. The van der Waals surface area contributed by atoms with Crippen LogP contribution in [0.1, 0.15) is 31.2 Å². The third kappa shape index (κ3) is 3.35. The van der Waals surface area contributed by atoms with Crippen molar-refractivity contribution in [3.63, 3.8) is 0 Å². The number of pyridine rings is 1. The molecule has 0 atom stereocenters. The molecule has 1 saturated carbocycles. The Morgan fingerprint density at radius 3 is 2.80 bits per heavy atom. The van der Waals surface area contributed by atoms with Crippen LogP contribution in [0.3, 0.4) is 0 Å². The number of amides is 1. The first-order valence-electron chi connectivity index (χ1n) is 8.29. The first-order valence-corrected chi connectivity index (χ1v) is 9.28. The van der Waals surface area contributed by atoms with Crippen LogP contribution in [-0.4, -0.2) is 29.5 Å². The number of fused-ring (bicyclic) bond motifs is 2. The molecule has 4 rings (SSSR count). The number of carbonyl (C=O) groups is 1. The highest BCUT2D eigenvalue weighted by molar-refractivity contribution is 8.00. The molecule has 0 unspecified atom stereocenters. The van der Waals surface area contributed by atoms with Gasteiger partial charge < -0.3 is 14.8 Å². The van der Waals surface area contributed by atoms with E-state index in [2.05, 4.69) is 16.4 Å². The molecule has 1 N–H and O–H groups in total. The van der Waals surface area contributed by atoms with Gasteiger partial charge in [-0.25, -0.2) is 4.98 Å². The van der Waals surface area contributed by atoms with Crippen LogP contribution in [0, 0.1) is 11.3 Å². The fraction of sp³-hybridized carbons (Fsp3) is 0.389. The molecule has 1 aliphatic carbocycles. The number of rotatable bonds is 4. The van der Waals surface area contributed by atoms with Gasteiger partial charge >= 0.3 is 0 Å². The summed E-state index contributed by atoms with van der Waals surface area (Å²) in [6.45, 7) is 0.194. The van der Waals surface area contributed by atoms with Gasteiger partial charge in [0, 0.05) is 17.5 Å². The van der Waals surface area contributed by atoms with E-state index in [4.69, 9.17) is 9.47 Å². The van der Waals surface area contributed by atoms with Gasteiger partial charge in [0.15, 0.2) is 11.5 Å². The predicted octanol–water partition coefficient (Wildman–Crippen LogP) is 2.99. The molecular formula is C18H17N3O3S. The molecule has 7 heteroatoms. The fourth-order valence-electron chi connectivity index (χ4n) is 3.21. The Hall–Kier alpha value is -2.46. The Morgan fingerprint density at radius 1 is 1.28 bits per heavy atom. The van der Waals surface area contributed by atoms with E-state index < -0.39 is 0 Å². The quantitative estimate of drug-likeness (QED) is 0.849. The van der Waals surface area contributed by atoms with Gasteiger partial charge in [-0.1, -0.05) is 24.6 Å². The molecule has 0 radical (unpaired) electrons. The van der Waals surface area contributed by atoms with Crippen LogP contribution in [0.4, 0.5) is 0 Å². The van der Waals surface area contributed by atoms with Crippen LogP contribution in [-0.2, 0) is 4.79 Å². The van der Waals surface area contributed by atoms with Gasteiger partial charge in [-0.3, -0.25) is 4.79 Å². The average molecular weight is 355 g/mol. The van der Waals surface area contributed by atoms with Crippen molar-refractivity contribution in [2.75, 3.05) is 12.5 Å². The largest absolute Gasteiger partial charge is 0.454 e. The van der Waals surface area contributed by atoms with Crippen molar-refractivity contribution in [2.45, 2.75) is 36.8 Å². The topological polar surface area (TPSA) is 84.2 Å². The summed E-state index contributed by atoms with van der Waals surface area (Å²) in [6.07, 6.45) is 4.47. The Bertz CT molecular complexity index is 872.